The fraction of sp³-hybridized carbons (Fsp3) is 0.875. The predicted octanol–water partition coefficient (Wildman–Crippen LogP) is 1.54. The summed E-state index contributed by atoms with van der Waals surface area (Å²) >= 11 is 3.10. The normalized spacial score (nSPS) is 26.3. The summed E-state index contributed by atoms with van der Waals surface area (Å²) in [6, 6.07) is 0. The number of carbonyl (C=O) groups is 1. The number of hydrogen-bond donors (Lipinski definition) is 1. The van der Waals surface area contributed by atoms with Crippen molar-refractivity contribution in [3.63, 3.8) is 0 Å². The van der Waals surface area contributed by atoms with Gasteiger partial charge in [0.05, 0.1) is 5.33 Å². The van der Waals surface area contributed by atoms with Crippen molar-refractivity contribution in [3.05, 3.63) is 0 Å². The SMILES string of the molecule is CC1(C)CC1CNC(=O)CBr. The molecule has 0 aliphatic heterocycles. The topological polar surface area (TPSA) is 29.1 Å². The van der Waals surface area contributed by atoms with Gasteiger partial charge in [-0.05, 0) is 17.8 Å². The third-order valence-corrected chi connectivity index (χ3v) is 2.89. The van der Waals surface area contributed by atoms with Crippen molar-refractivity contribution >= 4 is 21.8 Å². The molecule has 1 saturated carbocycles. The number of rotatable bonds is 3. The van der Waals surface area contributed by atoms with Gasteiger partial charge in [0.25, 0.3) is 0 Å². The standard InChI is InChI=1S/C8H14BrNO/c1-8(2)3-6(8)5-10-7(11)4-9/h6H,3-5H2,1-2H3,(H,10,11). The van der Waals surface area contributed by atoms with Gasteiger partial charge >= 0.3 is 0 Å². The van der Waals surface area contributed by atoms with Crippen molar-refractivity contribution in [3.8, 4) is 0 Å². The summed E-state index contributed by atoms with van der Waals surface area (Å²) < 4.78 is 0. The maximum absolute atomic E-state index is 10.8. The molecule has 0 heterocycles. The summed E-state index contributed by atoms with van der Waals surface area (Å²) in [6.45, 7) is 5.31. The molecular formula is C8H14BrNO. The highest BCUT2D eigenvalue weighted by Crippen LogP contribution is 2.50. The first kappa shape index (κ1) is 9.04. The molecule has 64 valence electrons. The van der Waals surface area contributed by atoms with Crippen LogP contribution >= 0.6 is 15.9 Å². The van der Waals surface area contributed by atoms with Crippen LogP contribution in [0.5, 0.6) is 0 Å². The minimum absolute atomic E-state index is 0.0905. The van der Waals surface area contributed by atoms with E-state index in [4.69, 9.17) is 0 Å². The third kappa shape index (κ3) is 2.47. The van der Waals surface area contributed by atoms with E-state index in [0.29, 0.717) is 16.7 Å². The van der Waals surface area contributed by atoms with Gasteiger partial charge in [-0.25, -0.2) is 0 Å². The van der Waals surface area contributed by atoms with Gasteiger partial charge in [0.1, 0.15) is 0 Å². The van der Waals surface area contributed by atoms with E-state index in [1.54, 1.807) is 0 Å². The molecule has 0 aromatic rings. The molecule has 1 aliphatic rings. The number of hydrogen-bond acceptors (Lipinski definition) is 1. The monoisotopic (exact) mass is 219 g/mol. The van der Waals surface area contributed by atoms with Crippen LogP contribution < -0.4 is 5.32 Å². The van der Waals surface area contributed by atoms with Crippen LogP contribution in [-0.4, -0.2) is 17.8 Å². The predicted molar refractivity (Wildman–Crippen MR) is 48.7 cm³/mol. The molecule has 1 atom stereocenters. The van der Waals surface area contributed by atoms with E-state index in [1.165, 1.54) is 6.42 Å². The van der Waals surface area contributed by atoms with Gasteiger partial charge in [-0.1, -0.05) is 29.8 Å². The molecule has 0 aromatic carbocycles. The van der Waals surface area contributed by atoms with Gasteiger partial charge < -0.3 is 5.32 Å². The van der Waals surface area contributed by atoms with Crippen LogP contribution in [-0.2, 0) is 4.79 Å². The van der Waals surface area contributed by atoms with Crippen molar-refractivity contribution in [2.45, 2.75) is 20.3 Å². The van der Waals surface area contributed by atoms with E-state index in [9.17, 15) is 4.79 Å². The molecule has 1 N–H and O–H groups in total. The first-order chi connectivity index (χ1) is 5.06. The lowest BCUT2D eigenvalue weighted by Crippen LogP contribution is -2.27. The molecule has 1 aliphatic carbocycles. The zero-order valence-electron chi connectivity index (χ0n) is 6.98. The smallest absolute Gasteiger partial charge is 0.230 e. The number of alkyl halides is 1. The van der Waals surface area contributed by atoms with Gasteiger partial charge in [0, 0.05) is 6.54 Å². The first-order valence-electron chi connectivity index (χ1n) is 3.89. The summed E-state index contributed by atoms with van der Waals surface area (Å²) in [5.74, 6) is 0.790. The second-order valence-electron chi connectivity index (χ2n) is 3.83. The van der Waals surface area contributed by atoms with Gasteiger partial charge in [0.15, 0.2) is 0 Å². The summed E-state index contributed by atoms with van der Waals surface area (Å²) in [5.41, 5.74) is 0.472. The van der Waals surface area contributed by atoms with E-state index in [0.717, 1.165) is 6.54 Å². The second-order valence-corrected chi connectivity index (χ2v) is 4.39. The van der Waals surface area contributed by atoms with Crippen LogP contribution in [0.2, 0.25) is 0 Å². The third-order valence-electron chi connectivity index (χ3n) is 2.38. The van der Waals surface area contributed by atoms with Crippen LogP contribution in [0.15, 0.2) is 0 Å². The Kier molecular flexibility index (Phi) is 2.58. The van der Waals surface area contributed by atoms with Crippen LogP contribution in [0, 0.1) is 11.3 Å². The van der Waals surface area contributed by atoms with E-state index >= 15 is 0 Å². The average Bonchev–Trinajstić information content (AvgIpc) is 2.54. The number of halogens is 1. The molecular weight excluding hydrogens is 206 g/mol. The van der Waals surface area contributed by atoms with Gasteiger partial charge in [-0.3, -0.25) is 4.79 Å². The number of nitrogens with one attached hydrogen (secondary N) is 1. The Morgan fingerprint density at radius 1 is 1.73 bits per heavy atom. The summed E-state index contributed by atoms with van der Waals surface area (Å²) in [6.07, 6.45) is 1.25. The summed E-state index contributed by atoms with van der Waals surface area (Å²) in [7, 11) is 0. The molecule has 1 unspecified atom stereocenters. The fourth-order valence-electron chi connectivity index (χ4n) is 1.21. The molecule has 11 heavy (non-hydrogen) atoms. The first-order valence-corrected chi connectivity index (χ1v) is 5.01. The minimum atomic E-state index is 0.0905. The van der Waals surface area contributed by atoms with Crippen molar-refractivity contribution in [1.29, 1.82) is 0 Å². The molecule has 0 spiro atoms. The Balaban J connectivity index is 2.11. The largest absolute Gasteiger partial charge is 0.355 e. The Hall–Kier alpha value is -0.0500. The Bertz CT molecular complexity index is 167. The molecule has 0 saturated heterocycles. The molecule has 0 bridgehead atoms. The molecule has 0 radical (unpaired) electrons. The summed E-state index contributed by atoms with van der Waals surface area (Å²) in [5, 5.41) is 3.28. The molecule has 1 fully saturated rings. The van der Waals surface area contributed by atoms with Crippen molar-refractivity contribution in [2.24, 2.45) is 11.3 Å². The van der Waals surface area contributed by atoms with E-state index in [2.05, 4.69) is 35.1 Å². The zero-order valence-corrected chi connectivity index (χ0v) is 8.57. The molecule has 1 amide bonds. The van der Waals surface area contributed by atoms with Crippen molar-refractivity contribution in [1.82, 2.24) is 5.32 Å². The fourth-order valence-corrected chi connectivity index (χ4v) is 1.41. The highest BCUT2D eigenvalue weighted by molar-refractivity contribution is 9.09. The number of carbonyl (C=O) groups excluding carboxylic acids is 1. The van der Waals surface area contributed by atoms with Crippen molar-refractivity contribution < 1.29 is 4.79 Å². The van der Waals surface area contributed by atoms with Crippen LogP contribution in [0.25, 0.3) is 0 Å². The van der Waals surface area contributed by atoms with Gasteiger partial charge in [-0.15, -0.1) is 0 Å². The van der Waals surface area contributed by atoms with Crippen LogP contribution in [0.1, 0.15) is 20.3 Å². The highest BCUT2D eigenvalue weighted by Gasteiger charge is 2.45. The number of amides is 1. The molecule has 3 heteroatoms. The average molecular weight is 220 g/mol. The molecule has 0 aromatic heterocycles. The minimum Gasteiger partial charge on any atom is -0.355 e. The van der Waals surface area contributed by atoms with E-state index in [-0.39, 0.29) is 5.91 Å². The lowest BCUT2D eigenvalue weighted by molar-refractivity contribution is -0.118. The van der Waals surface area contributed by atoms with E-state index in [1.807, 2.05) is 0 Å². The van der Waals surface area contributed by atoms with Gasteiger partial charge in [0.2, 0.25) is 5.91 Å². The Morgan fingerprint density at radius 3 is 2.64 bits per heavy atom. The molecule has 2 nitrogen and oxygen atoms in total. The van der Waals surface area contributed by atoms with Crippen LogP contribution in [0.4, 0.5) is 0 Å². The quantitative estimate of drug-likeness (QED) is 0.718. The zero-order chi connectivity index (χ0) is 8.48. The lowest BCUT2D eigenvalue weighted by atomic mass is 10.1. The van der Waals surface area contributed by atoms with Crippen LogP contribution in [0.3, 0.4) is 0 Å². The maximum atomic E-state index is 10.8. The molecule has 1 rings (SSSR count). The Morgan fingerprint density at radius 2 is 2.27 bits per heavy atom. The second kappa shape index (κ2) is 3.13. The Labute approximate surface area is 75.9 Å². The van der Waals surface area contributed by atoms with Gasteiger partial charge in [-0.2, -0.15) is 0 Å². The van der Waals surface area contributed by atoms with Crippen molar-refractivity contribution in [2.75, 3.05) is 11.9 Å². The highest BCUT2D eigenvalue weighted by atomic mass is 79.9. The van der Waals surface area contributed by atoms with E-state index < -0.39 is 0 Å². The maximum Gasteiger partial charge on any atom is 0.230 e. The lowest BCUT2D eigenvalue weighted by Gasteiger charge is -2.03. The summed E-state index contributed by atoms with van der Waals surface area (Å²) in [4.78, 5) is 10.8.